The molecule has 4 saturated carbocycles. The van der Waals surface area contributed by atoms with Gasteiger partial charge in [-0.15, -0.1) is 0 Å². The summed E-state index contributed by atoms with van der Waals surface area (Å²) in [6.07, 6.45) is 12.3. The molecular weight excluding hydrogens is 318 g/mol. The molecule has 3 nitrogen and oxygen atoms in total. The van der Waals surface area contributed by atoms with Gasteiger partial charge in [-0.05, 0) is 85.5 Å². The summed E-state index contributed by atoms with van der Waals surface area (Å²) in [6.45, 7) is 8.85. The van der Waals surface area contributed by atoms with E-state index in [4.69, 9.17) is 5.41 Å². The van der Waals surface area contributed by atoms with Crippen LogP contribution in [0.1, 0.15) is 65.7 Å². The number of nitrogens with one attached hydrogen (secondary N) is 2. The van der Waals surface area contributed by atoms with Crippen molar-refractivity contribution in [1.82, 2.24) is 10.2 Å². The molecule has 4 fully saturated rings. The van der Waals surface area contributed by atoms with E-state index in [0.29, 0.717) is 5.92 Å². The van der Waals surface area contributed by atoms with E-state index in [0.717, 1.165) is 54.6 Å². The van der Waals surface area contributed by atoms with Crippen molar-refractivity contribution in [2.75, 3.05) is 13.1 Å². The van der Waals surface area contributed by atoms with Gasteiger partial charge in [-0.2, -0.15) is 0 Å². The van der Waals surface area contributed by atoms with Gasteiger partial charge in [0.1, 0.15) is 5.84 Å². The van der Waals surface area contributed by atoms with Crippen molar-refractivity contribution in [2.45, 2.75) is 71.8 Å². The lowest BCUT2D eigenvalue weighted by Crippen LogP contribution is -2.34. The third-order valence-electron chi connectivity index (χ3n) is 8.15. The normalized spacial score (nSPS) is 41.4. The Morgan fingerprint density at radius 2 is 1.62 bits per heavy atom. The van der Waals surface area contributed by atoms with E-state index in [1.807, 2.05) is 0 Å². The average molecular weight is 356 g/mol. The second-order valence-electron chi connectivity index (χ2n) is 11.2. The van der Waals surface area contributed by atoms with E-state index in [1.165, 1.54) is 50.5 Å². The van der Waals surface area contributed by atoms with Gasteiger partial charge in [-0.1, -0.05) is 20.8 Å². The summed E-state index contributed by atoms with van der Waals surface area (Å²) in [5, 5.41) is 12.7. The largest absolute Gasteiger partial charge is 0.336 e. The van der Waals surface area contributed by atoms with Crippen LogP contribution in [0.4, 0.5) is 0 Å². The zero-order valence-corrected chi connectivity index (χ0v) is 16.9. The number of rotatable bonds is 6. The lowest BCUT2D eigenvalue weighted by molar-refractivity contribution is 0.103. The van der Waals surface area contributed by atoms with Gasteiger partial charge < -0.3 is 10.2 Å². The first kappa shape index (κ1) is 17.3. The molecular formula is C23H37N3. The number of hydrogen-bond donors (Lipinski definition) is 2. The zero-order chi connectivity index (χ0) is 18.1. The van der Waals surface area contributed by atoms with Gasteiger partial charge in [0.2, 0.25) is 0 Å². The van der Waals surface area contributed by atoms with Crippen molar-refractivity contribution in [3.8, 4) is 0 Å². The molecule has 5 aliphatic rings. The van der Waals surface area contributed by atoms with Crippen LogP contribution in [0.5, 0.6) is 0 Å². The minimum Gasteiger partial charge on any atom is -0.336 e. The third-order valence-corrected chi connectivity index (χ3v) is 8.15. The smallest absolute Gasteiger partial charge is 0.107 e. The lowest BCUT2D eigenvalue weighted by atomic mass is 9.66. The highest BCUT2D eigenvalue weighted by Gasteiger charge is 2.58. The molecule has 144 valence electrons. The van der Waals surface area contributed by atoms with Crippen molar-refractivity contribution in [3.05, 3.63) is 11.8 Å². The molecule has 5 rings (SSSR count). The van der Waals surface area contributed by atoms with Crippen molar-refractivity contribution >= 4 is 5.84 Å². The van der Waals surface area contributed by atoms with Crippen LogP contribution in [0.2, 0.25) is 0 Å². The fourth-order valence-corrected chi connectivity index (χ4v) is 6.79. The molecule has 0 aromatic rings. The van der Waals surface area contributed by atoms with Crippen molar-refractivity contribution in [2.24, 2.45) is 40.9 Å². The third kappa shape index (κ3) is 2.95. The van der Waals surface area contributed by atoms with E-state index < -0.39 is 0 Å². The molecule has 1 heterocycles. The fraction of sp³-hybridized carbons (Fsp3) is 0.870. The second-order valence-corrected chi connectivity index (χ2v) is 11.2. The number of nitrogens with zero attached hydrogens (tertiary/aromatic N) is 1. The summed E-state index contributed by atoms with van der Waals surface area (Å²) in [5.74, 6) is 6.33. The molecule has 0 aromatic heterocycles. The molecule has 2 bridgehead atoms. The highest BCUT2D eigenvalue weighted by Crippen LogP contribution is 2.65. The van der Waals surface area contributed by atoms with Gasteiger partial charge in [0, 0.05) is 31.2 Å². The van der Waals surface area contributed by atoms with Gasteiger partial charge in [-0.25, -0.2) is 0 Å². The van der Waals surface area contributed by atoms with Crippen LogP contribution in [0.15, 0.2) is 11.8 Å². The van der Waals surface area contributed by atoms with Crippen molar-refractivity contribution in [3.63, 3.8) is 0 Å². The summed E-state index contributed by atoms with van der Waals surface area (Å²) in [5.41, 5.74) is 1.74. The average Bonchev–Trinajstić information content (AvgIpc) is 3.18. The monoisotopic (exact) mass is 355 g/mol. The standard InChI is InChI=1S/C23H37N3/c1-23(2,3)13-26-12-14(11-25-15-4-5-15)20(22(26)24)10-21-18-8-9-19(21)17-7-6-16(17)18/h12,15-21,24-25H,4-11,13H2,1-3H3. The minimum absolute atomic E-state index is 0.234. The van der Waals surface area contributed by atoms with E-state index in [-0.39, 0.29) is 5.41 Å². The van der Waals surface area contributed by atoms with Crippen LogP contribution in [0.25, 0.3) is 0 Å². The van der Waals surface area contributed by atoms with Crippen molar-refractivity contribution < 1.29 is 0 Å². The summed E-state index contributed by atoms with van der Waals surface area (Å²) >= 11 is 0. The summed E-state index contributed by atoms with van der Waals surface area (Å²) in [7, 11) is 0. The maximum atomic E-state index is 8.95. The predicted molar refractivity (Wildman–Crippen MR) is 107 cm³/mol. The van der Waals surface area contributed by atoms with E-state index >= 15 is 0 Å². The number of hydrogen-bond acceptors (Lipinski definition) is 2. The Kier molecular flexibility index (Phi) is 4.05. The molecule has 3 heteroatoms. The second kappa shape index (κ2) is 6.09. The van der Waals surface area contributed by atoms with E-state index in [1.54, 1.807) is 0 Å². The van der Waals surface area contributed by atoms with Crippen LogP contribution in [-0.2, 0) is 0 Å². The Morgan fingerprint density at radius 1 is 1.00 bits per heavy atom. The zero-order valence-electron chi connectivity index (χ0n) is 16.9. The minimum atomic E-state index is 0.234. The molecule has 2 N–H and O–H groups in total. The van der Waals surface area contributed by atoms with Crippen LogP contribution < -0.4 is 5.32 Å². The maximum Gasteiger partial charge on any atom is 0.107 e. The lowest BCUT2D eigenvalue weighted by Gasteiger charge is -2.39. The SMILES string of the molecule is CC(C)(C)CN1C=C(CNC2CC2)C(CC2C3CCC2C2CCC23)C1=N. The summed E-state index contributed by atoms with van der Waals surface area (Å²) < 4.78 is 0. The molecule has 0 saturated heterocycles. The first-order valence-corrected chi connectivity index (χ1v) is 11.2. The topological polar surface area (TPSA) is 39.1 Å². The van der Waals surface area contributed by atoms with Crippen LogP contribution in [0.3, 0.4) is 0 Å². The maximum absolute atomic E-state index is 8.95. The Balaban J connectivity index is 1.32. The van der Waals surface area contributed by atoms with Gasteiger partial charge >= 0.3 is 0 Å². The molecule has 26 heavy (non-hydrogen) atoms. The van der Waals surface area contributed by atoms with Gasteiger partial charge in [0.25, 0.3) is 0 Å². The van der Waals surface area contributed by atoms with Gasteiger partial charge in [0.15, 0.2) is 0 Å². The highest BCUT2D eigenvalue weighted by atomic mass is 15.2. The molecule has 0 amide bonds. The Bertz CT molecular complexity index is 593. The first-order valence-electron chi connectivity index (χ1n) is 11.2. The van der Waals surface area contributed by atoms with Crippen molar-refractivity contribution in [1.29, 1.82) is 5.41 Å². The molecule has 0 spiro atoms. The predicted octanol–water partition coefficient (Wildman–Crippen LogP) is 4.65. The first-order chi connectivity index (χ1) is 12.4. The fourth-order valence-electron chi connectivity index (χ4n) is 6.79. The van der Waals surface area contributed by atoms with Gasteiger partial charge in [-0.3, -0.25) is 5.41 Å². The molecule has 1 aliphatic heterocycles. The molecule has 4 aliphatic carbocycles. The Labute approximate surface area is 159 Å². The van der Waals surface area contributed by atoms with Crippen LogP contribution in [0, 0.1) is 46.3 Å². The Morgan fingerprint density at radius 3 is 2.15 bits per heavy atom. The van der Waals surface area contributed by atoms with E-state index in [2.05, 4.69) is 37.2 Å². The quantitative estimate of drug-likeness (QED) is 0.728. The molecule has 5 atom stereocenters. The van der Waals surface area contributed by atoms with Crippen LogP contribution in [-0.4, -0.2) is 29.9 Å². The number of amidine groups is 1. The van der Waals surface area contributed by atoms with E-state index in [9.17, 15) is 0 Å². The van der Waals surface area contributed by atoms with Crippen LogP contribution >= 0.6 is 0 Å². The Hall–Kier alpha value is -0.830. The summed E-state index contributed by atoms with van der Waals surface area (Å²) in [6, 6.07) is 0.751. The number of fused-ring (bicyclic) bond motifs is 5. The summed E-state index contributed by atoms with van der Waals surface area (Å²) in [4.78, 5) is 2.28. The van der Waals surface area contributed by atoms with Gasteiger partial charge in [0.05, 0.1) is 0 Å². The molecule has 0 radical (unpaired) electrons. The molecule has 5 unspecified atom stereocenters. The molecule has 0 aromatic carbocycles. The highest BCUT2D eigenvalue weighted by molar-refractivity contribution is 5.88.